The number of rotatable bonds is 0. The molecular formula is C11H9ClFN. The van der Waals surface area contributed by atoms with Gasteiger partial charge in [0.25, 0.3) is 0 Å². The second-order valence-corrected chi connectivity index (χ2v) is 3.75. The minimum Gasteiger partial charge on any atom is -0.256 e. The van der Waals surface area contributed by atoms with Gasteiger partial charge in [0.15, 0.2) is 0 Å². The fraction of sp³-hybridized carbons (Fsp3) is 0.182. The molecule has 72 valence electrons. The summed E-state index contributed by atoms with van der Waals surface area (Å²) in [6, 6.07) is 3.14. The maximum Gasteiger partial charge on any atom is 0.126 e. The van der Waals surface area contributed by atoms with E-state index < -0.39 is 0 Å². The summed E-state index contributed by atoms with van der Waals surface area (Å²) < 4.78 is 13.3. The molecule has 2 aromatic rings. The van der Waals surface area contributed by atoms with Crippen molar-refractivity contribution in [3.63, 3.8) is 0 Å². The molecule has 14 heavy (non-hydrogen) atoms. The smallest absolute Gasteiger partial charge is 0.126 e. The second-order valence-electron chi connectivity index (χ2n) is 3.37. The van der Waals surface area contributed by atoms with Gasteiger partial charge in [-0.2, -0.15) is 0 Å². The highest BCUT2D eigenvalue weighted by Crippen LogP contribution is 2.26. The van der Waals surface area contributed by atoms with Crippen LogP contribution in [0.4, 0.5) is 4.39 Å². The molecule has 0 atom stereocenters. The highest BCUT2D eigenvalue weighted by Gasteiger charge is 2.06. The first-order valence-electron chi connectivity index (χ1n) is 4.30. The van der Waals surface area contributed by atoms with Gasteiger partial charge in [-0.15, -0.1) is 0 Å². The number of hydrogen-bond acceptors (Lipinski definition) is 1. The molecule has 2 rings (SSSR count). The number of aromatic nitrogens is 1. The molecular weight excluding hydrogens is 201 g/mol. The fourth-order valence-electron chi connectivity index (χ4n) is 1.38. The molecule has 1 aromatic heterocycles. The maximum absolute atomic E-state index is 13.3. The van der Waals surface area contributed by atoms with Gasteiger partial charge < -0.3 is 0 Å². The Hall–Kier alpha value is -1.15. The third-order valence-corrected chi connectivity index (χ3v) is 2.76. The number of benzene rings is 1. The molecule has 0 radical (unpaired) electrons. The predicted molar refractivity (Wildman–Crippen MR) is 56.2 cm³/mol. The van der Waals surface area contributed by atoms with Gasteiger partial charge in [0.1, 0.15) is 5.82 Å². The Kier molecular flexibility index (Phi) is 2.16. The molecule has 3 heteroatoms. The molecule has 0 amide bonds. The van der Waals surface area contributed by atoms with Crippen molar-refractivity contribution in [2.75, 3.05) is 0 Å². The van der Waals surface area contributed by atoms with Crippen molar-refractivity contribution in [3.8, 4) is 0 Å². The maximum atomic E-state index is 13.3. The summed E-state index contributed by atoms with van der Waals surface area (Å²) >= 11 is 6.04. The van der Waals surface area contributed by atoms with Gasteiger partial charge >= 0.3 is 0 Å². The van der Waals surface area contributed by atoms with Crippen molar-refractivity contribution < 1.29 is 4.39 Å². The summed E-state index contributed by atoms with van der Waals surface area (Å²) in [6.45, 7) is 3.57. The SMILES string of the molecule is Cc1cc2ncc(C)c(Cl)c2cc1F. The van der Waals surface area contributed by atoms with Gasteiger partial charge in [-0.1, -0.05) is 11.6 Å². The van der Waals surface area contributed by atoms with E-state index in [0.29, 0.717) is 16.0 Å². The molecule has 0 unspecified atom stereocenters. The topological polar surface area (TPSA) is 12.9 Å². The Balaban J connectivity index is 2.89. The van der Waals surface area contributed by atoms with Crippen LogP contribution in [0.2, 0.25) is 5.02 Å². The summed E-state index contributed by atoms with van der Waals surface area (Å²) in [6.07, 6.45) is 1.70. The third-order valence-electron chi connectivity index (χ3n) is 2.26. The summed E-state index contributed by atoms with van der Waals surface area (Å²) in [5.41, 5.74) is 2.19. The van der Waals surface area contributed by atoms with E-state index in [2.05, 4.69) is 4.98 Å². The van der Waals surface area contributed by atoms with Crippen LogP contribution in [-0.2, 0) is 0 Å². The number of fused-ring (bicyclic) bond motifs is 1. The highest BCUT2D eigenvalue weighted by atomic mass is 35.5. The third kappa shape index (κ3) is 1.36. The lowest BCUT2D eigenvalue weighted by Crippen LogP contribution is -1.88. The average Bonchev–Trinajstić information content (AvgIpc) is 2.15. The summed E-state index contributed by atoms with van der Waals surface area (Å²) in [7, 11) is 0. The van der Waals surface area contributed by atoms with E-state index in [-0.39, 0.29) is 5.82 Å². The largest absolute Gasteiger partial charge is 0.256 e. The standard InChI is InChI=1S/C11H9ClFN/c1-6-3-10-8(4-9(6)13)11(12)7(2)5-14-10/h3-5H,1-2H3. The highest BCUT2D eigenvalue weighted by molar-refractivity contribution is 6.36. The zero-order valence-electron chi connectivity index (χ0n) is 7.94. The molecule has 0 spiro atoms. The van der Waals surface area contributed by atoms with Crippen molar-refractivity contribution in [2.24, 2.45) is 0 Å². The number of halogens is 2. The first-order valence-corrected chi connectivity index (χ1v) is 4.68. The molecule has 0 aliphatic heterocycles. The van der Waals surface area contributed by atoms with Gasteiger partial charge in [-0.05, 0) is 37.1 Å². The first-order chi connectivity index (χ1) is 6.59. The second kappa shape index (κ2) is 3.21. The molecule has 0 saturated heterocycles. The number of pyridine rings is 1. The van der Waals surface area contributed by atoms with Crippen LogP contribution in [0.1, 0.15) is 11.1 Å². The number of nitrogens with zero attached hydrogens (tertiary/aromatic N) is 1. The van der Waals surface area contributed by atoms with Crippen LogP contribution in [0, 0.1) is 19.7 Å². The van der Waals surface area contributed by atoms with Crippen LogP contribution in [0.15, 0.2) is 18.3 Å². The summed E-state index contributed by atoms with van der Waals surface area (Å²) in [4.78, 5) is 4.19. The van der Waals surface area contributed by atoms with Gasteiger partial charge in [-0.3, -0.25) is 4.98 Å². The Bertz CT molecular complexity index is 508. The van der Waals surface area contributed by atoms with E-state index in [0.717, 1.165) is 11.1 Å². The molecule has 0 N–H and O–H groups in total. The lowest BCUT2D eigenvalue weighted by Gasteiger charge is -2.04. The summed E-state index contributed by atoms with van der Waals surface area (Å²) in [5.74, 6) is -0.244. The van der Waals surface area contributed by atoms with E-state index >= 15 is 0 Å². The normalized spacial score (nSPS) is 10.9. The Labute approximate surface area is 86.5 Å². The van der Waals surface area contributed by atoms with E-state index in [9.17, 15) is 4.39 Å². The Morgan fingerprint density at radius 1 is 1.21 bits per heavy atom. The number of aryl methyl sites for hydroxylation is 2. The van der Waals surface area contributed by atoms with Gasteiger partial charge in [0.2, 0.25) is 0 Å². The average molecular weight is 210 g/mol. The van der Waals surface area contributed by atoms with E-state index in [1.54, 1.807) is 19.2 Å². The Morgan fingerprint density at radius 2 is 1.93 bits per heavy atom. The van der Waals surface area contributed by atoms with E-state index in [1.807, 2.05) is 6.92 Å². The van der Waals surface area contributed by atoms with Gasteiger partial charge in [0, 0.05) is 11.6 Å². The van der Waals surface area contributed by atoms with Crippen molar-refractivity contribution in [2.45, 2.75) is 13.8 Å². The van der Waals surface area contributed by atoms with Crippen molar-refractivity contribution in [3.05, 3.63) is 40.3 Å². The van der Waals surface area contributed by atoms with Crippen molar-refractivity contribution >= 4 is 22.5 Å². The first kappa shape index (κ1) is 9.41. The van der Waals surface area contributed by atoms with Crippen LogP contribution >= 0.6 is 11.6 Å². The van der Waals surface area contributed by atoms with Gasteiger partial charge in [0.05, 0.1) is 10.5 Å². The van der Waals surface area contributed by atoms with Crippen LogP contribution < -0.4 is 0 Å². The quantitative estimate of drug-likeness (QED) is 0.646. The van der Waals surface area contributed by atoms with Crippen molar-refractivity contribution in [1.29, 1.82) is 0 Å². The monoisotopic (exact) mass is 209 g/mol. The van der Waals surface area contributed by atoms with Crippen LogP contribution in [0.25, 0.3) is 10.9 Å². The molecule has 0 bridgehead atoms. The molecule has 0 aliphatic rings. The molecule has 0 fully saturated rings. The molecule has 1 heterocycles. The summed E-state index contributed by atoms with van der Waals surface area (Å²) in [5, 5.41) is 1.25. The lowest BCUT2D eigenvalue weighted by molar-refractivity contribution is 0.620. The molecule has 0 saturated carbocycles. The minimum absolute atomic E-state index is 0.244. The predicted octanol–water partition coefficient (Wildman–Crippen LogP) is 3.64. The molecule has 0 aliphatic carbocycles. The zero-order valence-corrected chi connectivity index (χ0v) is 8.69. The van der Waals surface area contributed by atoms with Gasteiger partial charge in [-0.25, -0.2) is 4.39 Å². The van der Waals surface area contributed by atoms with Crippen LogP contribution in [-0.4, -0.2) is 4.98 Å². The van der Waals surface area contributed by atoms with Crippen LogP contribution in [0.5, 0.6) is 0 Å². The molecule has 1 aromatic carbocycles. The fourth-order valence-corrected chi connectivity index (χ4v) is 1.58. The minimum atomic E-state index is -0.244. The van der Waals surface area contributed by atoms with E-state index in [1.165, 1.54) is 6.07 Å². The van der Waals surface area contributed by atoms with E-state index in [4.69, 9.17) is 11.6 Å². The van der Waals surface area contributed by atoms with Crippen LogP contribution in [0.3, 0.4) is 0 Å². The number of hydrogen-bond donors (Lipinski definition) is 0. The Morgan fingerprint density at radius 3 is 2.64 bits per heavy atom. The zero-order chi connectivity index (χ0) is 10.3. The van der Waals surface area contributed by atoms with Crippen molar-refractivity contribution in [1.82, 2.24) is 4.98 Å². The lowest BCUT2D eigenvalue weighted by atomic mass is 10.1. The molecule has 1 nitrogen and oxygen atoms in total.